The number of halogens is 2. The van der Waals surface area contributed by atoms with Gasteiger partial charge < -0.3 is 15.6 Å². The van der Waals surface area contributed by atoms with Gasteiger partial charge in [0.1, 0.15) is 5.75 Å². The van der Waals surface area contributed by atoms with Crippen LogP contribution in [0, 0.1) is 5.82 Å². The lowest BCUT2D eigenvalue weighted by Gasteiger charge is -2.09. The highest BCUT2D eigenvalue weighted by Crippen LogP contribution is 2.24. The summed E-state index contributed by atoms with van der Waals surface area (Å²) in [5.74, 6) is -1.61. The van der Waals surface area contributed by atoms with Crippen molar-refractivity contribution in [3.05, 3.63) is 70.2 Å². The summed E-state index contributed by atoms with van der Waals surface area (Å²) in [6.45, 7) is 0.0842. The predicted molar refractivity (Wildman–Crippen MR) is 99.5 cm³/mol. The van der Waals surface area contributed by atoms with E-state index in [1.54, 1.807) is 30.5 Å². The van der Waals surface area contributed by atoms with Gasteiger partial charge in [-0.2, -0.15) is 0 Å². The zero-order valence-electron chi connectivity index (χ0n) is 14.5. The molecule has 1 atom stereocenters. The van der Waals surface area contributed by atoms with Gasteiger partial charge in [-0.1, -0.05) is 11.6 Å². The number of nitrogens with two attached hydrogens (primary N) is 1. The SMILES string of the molecule is NC(CC(=O)O)Cn1ccn(-c2ccc(Oc3ncc(Cl)cc3F)cc2)c1=O. The number of aliphatic carboxylic acids is 1. The van der Waals surface area contributed by atoms with Gasteiger partial charge in [-0.3, -0.25) is 13.9 Å². The lowest BCUT2D eigenvalue weighted by Crippen LogP contribution is -2.34. The highest BCUT2D eigenvalue weighted by atomic mass is 35.5. The Morgan fingerprint density at radius 1 is 1.32 bits per heavy atom. The molecule has 0 radical (unpaired) electrons. The summed E-state index contributed by atoms with van der Waals surface area (Å²) >= 11 is 5.65. The molecule has 10 heteroatoms. The molecule has 2 heterocycles. The number of hydrogen-bond donors (Lipinski definition) is 2. The zero-order chi connectivity index (χ0) is 20.3. The van der Waals surface area contributed by atoms with Crippen molar-refractivity contribution in [1.29, 1.82) is 0 Å². The molecule has 0 spiro atoms. The van der Waals surface area contributed by atoms with E-state index < -0.39 is 17.8 Å². The molecule has 1 unspecified atom stereocenters. The van der Waals surface area contributed by atoms with Crippen molar-refractivity contribution >= 4 is 17.6 Å². The van der Waals surface area contributed by atoms with Crippen LogP contribution in [0.15, 0.2) is 53.7 Å². The molecular weight excluding hydrogens is 391 g/mol. The van der Waals surface area contributed by atoms with Gasteiger partial charge in [0.05, 0.1) is 17.1 Å². The van der Waals surface area contributed by atoms with Crippen LogP contribution in [0.2, 0.25) is 5.02 Å². The lowest BCUT2D eigenvalue weighted by atomic mass is 10.2. The van der Waals surface area contributed by atoms with E-state index in [9.17, 15) is 14.0 Å². The van der Waals surface area contributed by atoms with Crippen LogP contribution in [-0.2, 0) is 11.3 Å². The Labute approximate surface area is 163 Å². The van der Waals surface area contributed by atoms with Crippen molar-refractivity contribution in [3.63, 3.8) is 0 Å². The quantitative estimate of drug-likeness (QED) is 0.623. The number of ether oxygens (including phenoxy) is 1. The summed E-state index contributed by atoms with van der Waals surface area (Å²) in [7, 11) is 0. The fourth-order valence-corrected chi connectivity index (χ4v) is 2.70. The first kappa shape index (κ1) is 19.6. The molecule has 0 fully saturated rings. The Morgan fingerprint density at radius 2 is 2.04 bits per heavy atom. The normalized spacial score (nSPS) is 12.0. The molecule has 0 aliphatic rings. The minimum atomic E-state index is -1.03. The molecule has 0 amide bonds. The molecule has 3 N–H and O–H groups in total. The maximum atomic E-state index is 13.8. The molecule has 0 aliphatic heterocycles. The Hall–Kier alpha value is -3.17. The average molecular weight is 407 g/mol. The van der Waals surface area contributed by atoms with Crippen LogP contribution in [-0.4, -0.2) is 31.2 Å². The van der Waals surface area contributed by atoms with Crippen LogP contribution in [0.3, 0.4) is 0 Å². The average Bonchev–Trinajstić information content (AvgIpc) is 2.98. The van der Waals surface area contributed by atoms with Crippen LogP contribution in [0.4, 0.5) is 4.39 Å². The summed E-state index contributed by atoms with van der Waals surface area (Å²) in [5, 5.41) is 8.92. The zero-order valence-corrected chi connectivity index (χ0v) is 15.2. The number of nitrogens with zero attached hydrogens (tertiary/aromatic N) is 3. The van der Waals surface area contributed by atoms with E-state index in [0.717, 1.165) is 6.07 Å². The number of carbonyl (C=O) groups is 1. The van der Waals surface area contributed by atoms with Crippen molar-refractivity contribution in [1.82, 2.24) is 14.1 Å². The van der Waals surface area contributed by atoms with Crippen LogP contribution in [0.25, 0.3) is 5.69 Å². The summed E-state index contributed by atoms with van der Waals surface area (Å²) in [6, 6.07) is 6.77. The van der Waals surface area contributed by atoms with E-state index in [0.29, 0.717) is 11.4 Å². The minimum Gasteiger partial charge on any atom is -0.481 e. The topological polar surface area (TPSA) is 112 Å². The van der Waals surface area contributed by atoms with E-state index >= 15 is 0 Å². The molecule has 8 nitrogen and oxygen atoms in total. The maximum Gasteiger partial charge on any atom is 0.332 e. The number of hydrogen-bond acceptors (Lipinski definition) is 5. The fourth-order valence-electron chi connectivity index (χ4n) is 2.55. The third-order valence-corrected chi connectivity index (χ3v) is 4.03. The largest absolute Gasteiger partial charge is 0.481 e. The van der Waals surface area contributed by atoms with E-state index in [2.05, 4.69) is 4.98 Å². The van der Waals surface area contributed by atoms with Gasteiger partial charge >= 0.3 is 11.7 Å². The molecule has 3 aromatic rings. The summed E-state index contributed by atoms with van der Waals surface area (Å²) in [4.78, 5) is 26.9. The van der Waals surface area contributed by atoms with Crippen molar-refractivity contribution in [2.75, 3.05) is 0 Å². The Morgan fingerprint density at radius 3 is 2.68 bits per heavy atom. The molecule has 0 bridgehead atoms. The van der Waals surface area contributed by atoms with Gasteiger partial charge in [0.2, 0.25) is 0 Å². The monoisotopic (exact) mass is 406 g/mol. The molecular formula is C18H16ClFN4O4. The van der Waals surface area contributed by atoms with Gasteiger partial charge in [-0.25, -0.2) is 14.2 Å². The second-order valence-electron chi connectivity index (χ2n) is 6.00. The molecule has 0 saturated heterocycles. The highest BCUT2D eigenvalue weighted by molar-refractivity contribution is 6.30. The lowest BCUT2D eigenvalue weighted by molar-refractivity contribution is -0.137. The third kappa shape index (κ3) is 4.56. The van der Waals surface area contributed by atoms with Crippen molar-refractivity contribution in [3.8, 4) is 17.3 Å². The van der Waals surface area contributed by atoms with Crippen LogP contribution >= 0.6 is 11.6 Å². The van der Waals surface area contributed by atoms with Crippen LogP contribution < -0.4 is 16.2 Å². The number of aromatic nitrogens is 3. The van der Waals surface area contributed by atoms with E-state index in [4.69, 9.17) is 27.2 Å². The van der Waals surface area contributed by atoms with Gasteiger partial charge in [-0.15, -0.1) is 0 Å². The predicted octanol–water partition coefficient (Wildman–Crippen LogP) is 2.42. The molecule has 3 rings (SSSR count). The van der Waals surface area contributed by atoms with Gasteiger partial charge in [0.15, 0.2) is 5.82 Å². The molecule has 28 heavy (non-hydrogen) atoms. The molecule has 2 aromatic heterocycles. The highest BCUT2D eigenvalue weighted by Gasteiger charge is 2.13. The van der Waals surface area contributed by atoms with E-state index in [1.165, 1.54) is 21.5 Å². The number of rotatable bonds is 7. The number of imidazole rings is 1. The van der Waals surface area contributed by atoms with Crippen molar-refractivity contribution < 1.29 is 19.0 Å². The minimum absolute atomic E-state index is 0.0842. The number of pyridine rings is 1. The molecule has 1 aromatic carbocycles. The third-order valence-electron chi connectivity index (χ3n) is 3.82. The summed E-state index contributed by atoms with van der Waals surface area (Å²) in [5.41, 5.74) is 5.91. The number of carboxylic acids is 1. The maximum absolute atomic E-state index is 13.8. The first-order chi connectivity index (χ1) is 13.3. The molecule has 0 aliphatic carbocycles. The Bertz CT molecular complexity index is 1050. The first-order valence-corrected chi connectivity index (χ1v) is 8.56. The van der Waals surface area contributed by atoms with E-state index in [1.807, 2.05) is 0 Å². The molecule has 0 saturated carbocycles. The Balaban J connectivity index is 1.75. The Kier molecular flexibility index (Phi) is 5.76. The van der Waals surface area contributed by atoms with Gasteiger partial charge in [0, 0.05) is 31.2 Å². The fraction of sp³-hybridized carbons (Fsp3) is 0.167. The van der Waals surface area contributed by atoms with E-state index in [-0.39, 0.29) is 29.6 Å². The second-order valence-corrected chi connectivity index (χ2v) is 6.43. The molecule has 146 valence electrons. The van der Waals surface area contributed by atoms with Gasteiger partial charge in [0.25, 0.3) is 5.88 Å². The summed E-state index contributed by atoms with van der Waals surface area (Å²) < 4.78 is 21.8. The van der Waals surface area contributed by atoms with Crippen molar-refractivity contribution in [2.24, 2.45) is 5.73 Å². The standard InChI is InChI=1S/C18H16ClFN4O4/c19-11-7-15(20)17(22-9-11)28-14-3-1-13(2-4-14)24-6-5-23(18(24)27)10-12(21)8-16(25)26/h1-7,9,12H,8,10,21H2,(H,25,26). The van der Waals surface area contributed by atoms with Gasteiger partial charge in [-0.05, 0) is 30.3 Å². The number of carboxylic acid groups (broad SMARTS) is 1. The second kappa shape index (κ2) is 8.24. The smallest absolute Gasteiger partial charge is 0.332 e. The first-order valence-electron chi connectivity index (χ1n) is 8.18. The van der Waals surface area contributed by atoms with Crippen LogP contribution in [0.5, 0.6) is 11.6 Å². The number of benzene rings is 1. The van der Waals surface area contributed by atoms with Crippen molar-refractivity contribution in [2.45, 2.75) is 19.0 Å². The van der Waals surface area contributed by atoms with Crippen LogP contribution in [0.1, 0.15) is 6.42 Å². The summed E-state index contributed by atoms with van der Waals surface area (Å²) in [6.07, 6.45) is 4.11.